The molecule has 0 aliphatic rings. The fraction of sp³-hybridized carbons (Fsp3) is 0.250. The SMILES string of the molecule is Cc1cc(C(C)Nc2ccc(Cl)nc2-c2ccc(OS(=O)(=O)C(F)(F)F)c(C=O)c2)c2oc(N(C)C)c(C)c(=O)c2c1. The van der Waals surface area contributed by atoms with Crippen molar-refractivity contribution in [2.45, 2.75) is 32.3 Å². The second-order valence-electron chi connectivity index (χ2n) is 9.74. The molecule has 0 amide bonds. The first-order chi connectivity index (χ1) is 19.5. The van der Waals surface area contributed by atoms with E-state index in [1.54, 1.807) is 38.1 Å². The number of aromatic nitrogens is 1. The Bertz CT molecular complexity index is 1870. The highest BCUT2D eigenvalue weighted by Gasteiger charge is 2.48. The third kappa shape index (κ3) is 5.93. The van der Waals surface area contributed by atoms with E-state index in [1.807, 2.05) is 19.9 Å². The van der Waals surface area contributed by atoms with Gasteiger partial charge in [-0.1, -0.05) is 17.7 Å². The monoisotopic (exact) mass is 623 g/mol. The average Bonchev–Trinajstić information content (AvgIpc) is 2.90. The number of nitrogens with zero attached hydrogens (tertiary/aromatic N) is 2. The summed E-state index contributed by atoms with van der Waals surface area (Å²) >= 11 is 6.15. The van der Waals surface area contributed by atoms with Crippen LogP contribution in [-0.2, 0) is 10.1 Å². The van der Waals surface area contributed by atoms with E-state index in [-0.39, 0.29) is 28.1 Å². The van der Waals surface area contributed by atoms with Gasteiger partial charge in [0.25, 0.3) is 0 Å². The number of anilines is 2. The molecule has 1 unspecified atom stereocenters. The molecule has 9 nitrogen and oxygen atoms in total. The number of hydrogen-bond acceptors (Lipinski definition) is 9. The predicted octanol–water partition coefficient (Wildman–Crippen LogP) is 6.41. The zero-order valence-electron chi connectivity index (χ0n) is 23.0. The van der Waals surface area contributed by atoms with E-state index in [2.05, 4.69) is 14.5 Å². The Morgan fingerprint density at radius 1 is 1.12 bits per heavy atom. The van der Waals surface area contributed by atoms with Gasteiger partial charge in [-0.05, 0) is 62.7 Å². The Balaban J connectivity index is 1.79. The molecule has 4 aromatic rings. The number of rotatable bonds is 8. The Hall–Kier alpha value is -4.10. The second kappa shape index (κ2) is 11.3. The molecule has 0 saturated heterocycles. The number of carbonyl (C=O) groups excluding carboxylic acids is 1. The Labute approximate surface area is 244 Å². The molecule has 2 aromatic carbocycles. The molecule has 42 heavy (non-hydrogen) atoms. The van der Waals surface area contributed by atoms with Crippen LogP contribution in [0.25, 0.3) is 22.2 Å². The maximum absolute atomic E-state index is 13.2. The van der Waals surface area contributed by atoms with Crippen LogP contribution in [0.4, 0.5) is 24.7 Å². The molecule has 0 radical (unpaired) electrons. The number of benzene rings is 2. The second-order valence-corrected chi connectivity index (χ2v) is 11.7. The summed E-state index contributed by atoms with van der Waals surface area (Å²) in [5, 5.41) is 3.79. The lowest BCUT2D eigenvalue weighted by Crippen LogP contribution is -2.28. The summed E-state index contributed by atoms with van der Waals surface area (Å²) in [6, 6.07) is 9.58. The molecular formula is C28H25ClF3N3O6S. The van der Waals surface area contributed by atoms with Crippen molar-refractivity contribution in [1.29, 1.82) is 0 Å². The van der Waals surface area contributed by atoms with Crippen molar-refractivity contribution >= 4 is 50.5 Å². The summed E-state index contributed by atoms with van der Waals surface area (Å²) in [5.41, 5.74) is -3.10. The number of halogens is 4. The van der Waals surface area contributed by atoms with Crippen LogP contribution in [0.1, 0.15) is 40.0 Å². The van der Waals surface area contributed by atoms with Gasteiger partial charge in [0.05, 0.1) is 33.9 Å². The molecule has 0 saturated carbocycles. The number of aldehydes is 1. The van der Waals surface area contributed by atoms with Gasteiger partial charge in [0.1, 0.15) is 10.7 Å². The highest BCUT2D eigenvalue weighted by atomic mass is 35.5. The van der Waals surface area contributed by atoms with Gasteiger partial charge in [0.2, 0.25) is 5.88 Å². The minimum absolute atomic E-state index is 0.0777. The van der Waals surface area contributed by atoms with Crippen LogP contribution < -0.4 is 19.8 Å². The van der Waals surface area contributed by atoms with E-state index < -0.39 is 33.0 Å². The molecule has 222 valence electrons. The lowest BCUT2D eigenvalue weighted by molar-refractivity contribution is -0.0500. The van der Waals surface area contributed by atoms with E-state index in [1.165, 1.54) is 12.1 Å². The predicted molar refractivity (Wildman–Crippen MR) is 154 cm³/mol. The van der Waals surface area contributed by atoms with Crippen LogP contribution in [0.15, 0.2) is 51.7 Å². The third-order valence-electron chi connectivity index (χ3n) is 6.37. The van der Waals surface area contributed by atoms with Gasteiger partial charge in [-0.25, -0.2) is 4.98 Å². The number of carbonyl (C=O) groups is 1. The first kappa shape index (κ1) is 30.8. The van der Waals surface area contributed by atoms with E-state index in [0.717, 1.165) is 17.7 Å². The topological polar surface area (TPSA) is 119 Å². The van der Waals surface area contributed by atoms with Crippen molar-refractivity contribution in [2.75, 3.05) is 24.3 Å². The zero-order chi connectivity index (χ0) is 31.1. The van der Waals surface area contributed by atoms with E-state index in [4.69, 9.17) is 16.0 Å². The standard InChI is InChI=1S/C28H25ClF3N3O6S/c1-14-10-19(26-20(11-14)25(37)15(2)27(40-26)35(4)5)16(3)33-21-7-9-23(29)34-24(21)17-6-8-22(18(12-17)13-36)41-42(38,39)28(30,31)32/h6-13,16,33H,1-5H3. The smallest absolute Gasteiger partial charge is 0.440 e. The van der Waals surface area contributed by atoms with Crippen LogP contribution in [0.5, 0.6) is 5.75 Å². The minimum atomic E-state index is -6.00. The average molecular weight is 624 g/mol. The minimum Gasteiger partial charge on any atom is -0.440 e. The number of aryl methyl sites for hydroxylation is 1. The molecule has 1 atom stereocenters. The molecule has 0 aliphatic carbocycles. The first-order valence-electron chi connectivity index (χ1n) is 12.3. The third-order valence-corrected chi connectivity index (χ3v) is 7.54. The largest absolute Gasteiger partial charge is 0.534 e. The van der Waals surface area contributed by atoms with Gasteiger partial charge in [-0.15, -0.1) is 0 Å². The van der Waals surface area contributed by atoms with Gasteiger partial charge < -0.3 is 18.8 Å². The molecule has 0 spiro atoms. The van der Waals surface area contributed by atoms with Gasteiger partial charge in [-0.2, -0.15) is 21.6 Å². The summed E-state index contributed by atoms with van der Waals surface area (Å²) in [6.45, 7) is 5.37. The molecular weight excluding hydrogens is 599 g/mol. The Morgan fingerprint density at radius 2 is 1.81 bits per heavy atom. The summed E-state index contributed by atoms with van der Waals surface area (Å²) in [7, 11) is -2.47. The number of fused-ring (bicyclic) bond motifs is 1. The van der Waals surface area contributed by atoms with Crippen LogP contribution in [0.3, 0.4) is 0 Å². The number of nitrogens with one attached hydrogen (secondary N) is 1. The van der Waals surface area contributed by atoms with Crippen molar-refractivity contribution < 1.29 is 35.0 Å². The van der Waals surface area contributed by atoms with Crippen molar-refractivity contribution in [2.24, 2.45) is 0 Å². The fourth-order valence-electron chi connectivity index (χ4n) is 4.42. The van der Waals surface area contributed by atoms with Crippen LogP contribution >= 0.6 is 11.6 Å². The molecule has 0 bridgehead atoms. The Morgan fingerprint density at radius 3 is 2.43 bits per heavy atom. The summed E-state index contributed by atoms with van der Waals surface area (Å²) in [6.07, 6.45) is 0.163. The van der Waals surface area contributed by atoms with Crippen LogP contribution in [0, 0.1) is 13.8 Å². The molecule has 0 fully saturated rings. The highest BCUT2D eigenvalue weighted by Crippen LogP contribution is 2.36. The number of pyridine rings is 1. The molecule has 4 rings (SSSR count). The van der Waals surface area contributed by atoms with Crippen molar-refractivity contribution in [3.63, 3.8) is 0 Å². The van der Waals surface area contributed by atoms with E-state index in [0.29, 0.717) is 33.7 Å². The van der Waals surface area contributed by atoms with Gasteiger partial charge in [0, 0.05) is 25.2 Å². The normalized spacial score (nSPS) is 12.7. The van der Waals surface area contributed by atoms with Crippen LogP contribution in [-0.4, -0.2) is 39.3 Å². The van der Waals surface area contributed by atoms with Gasteiger partial charge in [0.15, 0.2) is 17.5 Å². The van der Waals surface area contributed by atoms with Crippen molar-refractivity contribution in [3.05, 3.63) is 80.1 Å². The Kier molecular flexibility index (Phi) is 8.29. The lowest BCUT2D eigenvalue weighted by atomic mass is 9.99. The molecule has 2 heterocycles. The van der Waals surface area contributed by atoms with E-state index >= 15 is 0 Å². The summed E-state index contributed by atoms with van der Waals surface area (Å²) in [5.74, 6) is -0.390. The highest BCUT2D eigenvalue weighted by molar-refractivity contribution is 7.88. The lowest BCUT2D eigenvalue weighted by Gasteiger charge is -2.21. The summed E-state index contributed by atoms with van der Waals surface area (Å²) in [4.78, 5) is 30.9. The van der Waals surface area contributed by atoms with Crippen molar-refractivity contribution in [1.82, 2.24) is 4.98 Å². The number of alkyl halides is 3. The molecule has 14 heteroatoms. The van der Waals surface area contributed by atoms with Crippen molar-refractivity contribution in [3.8, 4) is 17.0 Å². The fourth-order valence-corrected chi connectivity index (χ4v) is 5.05. The van der Waals surface area contributed by atoms with E-state index in [9.17, 15) is 31.2 Å². The summed E-state index contributed by atoms with van der Waals surface area (Å²) < 4.78 is 71.8. The molecule has 0 aliphatic heterocycles. The number of hydrogen-bond donors (Lipinski definition) is 1. The zero-order valence-corrected chi connectivity index (χ0v) is 24.5. The maximum Gasteiger partial charge on any atom is 0.534 e. The first-order valence-corrected chi connectivity index (χ1v) is 14.1. The molecule has 1 N–H and O–H groups in total. The quantitative estimate of drug-likeness (QED) is 0.103. The maximum atomic E-state index is 13.2. The molecule has 2 aromatic heterocycles. The van der Waals surface area contributed by atoms with Gasteiger partial charge >= 0.3 is 15.6 Å². The van der Waals surface area contributed by atoms with Gasteiger partial charge in [-0.3, -0.25) is 9.59 Å². The van der Waals surface area contributed by atoms with Crippen LogP contribution in [0.2, 0.25) is 5.15 Å².